The largest absolute Gasteiger partial charge is 0.439 e. The van der Waals surface area contributed by atoms with E-state index in [0.717, 1.165) is 5.56 Å². The lowest BCUT2D eigenvalue weighted by molar-refractivity contribution is -0.382. The van der Waals surface area contributed by atoms with Crippen molar-refractivity contribution in [2.24, 2.45) is 0 Å². The normalized spacial score (nSPS) is 10.7. The van der Waals surface area contributed by atoms with Crippen LogP contribution in [0, 0.1) is 15.9 Å². The molecule has 8 heteroatoms. The van der Waals surface area contributed by atoms with Crippen molar-refractivity contribution in [2.45, 2.75) is 6.54 Å². The fourth-order valence-electron chi connectivity index (χ4n) is 2.91. The molecule has 29 heavy (non-hydrogen) atoms. The number of halogens is 1. The van der Waals surface area contributed by atoms with Crippen molar-refractivity contribution in [3.63, 3.8) is 0 Å². The zero-order valence-corrected chi connectivity index (χ0v) is 15.1. The van der Waals surface area contributed by atoms with Crippen LogP contribution in [0.4, 0.5) is 15.8 Å². The Balaban J connectivity index is 1.54. The molecule has 0 radical (unpaired) electrons. The smallest absolute Gasteiger partial charge is 0.301 e. The van der Waals surface area contributed by atoms with E-state index in [-0.39, 0.29) is 11.5 Å². The van der Waals surface area contributed by atoms with Crippen LogP contribution in [-0.4, -0.2) is 14.9 Å². The quantitative estimate of drug-likeness (QED) is 0.365. The molecule has 0 saturated heterocycles. The van der Waals surface area contributed by atoms with E-state index in [9.17, 15) is 14.5 Å². The van der Waals surface area contributed by atoms with Crippen LogP contribution >= 0.6 is 0 Å². The van der Waals surface area contributed by atoms with Crippen LogP contribution < -0.4 is 10.1 Å². The zero-order chi connectivity index (χ0) is 20.2. The first-order chi connectivity index (χ1) is 14.1. The molecule has 4 aromatic rings. The summed E-state index contributed by atoms with van der Waals surface area (Å²) in [6.45, 7) is 0.328. The van der Waals surface area contributed by atoms with Crippen molar-refractivity contribution in [3.8, 4) is 11.6 Å². The number of nitrogens with one attached hydrogen (secondary N) is 1. The molecule has 0 bridgehead atoms. The monoisotopic (exact) mass is 390 g/mol. The van der Waals surface area contributed by atoms with E-state index in [4.69, 9.17) is 4.74 Å². The zero-order valence-electron chi connectivity index (χ0n) is 15.1. The summed E-state index contributed by atoms with van der Waals surface area (Å²) in [6.07, 6.45) is 3.17. The molecule has 7 nitrogen and oxygen atoms in total. The lowest BCUT2D eigenvalue weighted by atomic mass is 10.1. The van der Waals surface area contributed by atoms with E-state index in [1.165, 1.54) is 24.3 Å². The van der Waals surface area contributed by atoms with Gasteiger partial charge >= 0.3 is 5.69 Å². The molecular weight excluding hydrogens is 375 g/mol. The molecule has 0 atom stereocenters. The number of benzene rings is 2. The van der Waals surface area contributed by atoms with Crippen molar-refractivity contribution in [2.75, 3.05) is 5.32 Å². The van der Waals surface area contributed by atoms with Gasteiger partial charge in [-0.25, -0.2) is 9.37 Å². The van der Waals surface area contributed by atoms with Gasteiger partial charge in [-0.15, -0.1) is 0 Å². The lowest BCUT2D eigenvalue weighted by Gasteiger charge is -2.10. The van der Waals surface area contributed by atoms with E-state index in [1.807, 2.05) is 0 Å². The van der Waals surface area contributed by atoms with Gasteiger partial charge in [0.15, 0.2) is 0 Å². The number of nitro benzene ring substituents is 1. The summed E-state index contributed by atoms with van der Waals surface area (Å²) < 4.78 is 18.6. The van der Waals surface area contributed by atoms with Crippen molar-refractivity contribution >= 4 is 22.3 Å². The fourth-order valence-corrected chi connectivity index (χ4v) is 2.91. The topological polar surface area (TPSA) is 90.2 Å². The predicted molar refractivity (Wildman–Crippen MR) is 106 cm³/mol. The molecule has 4 rings (SSSR count). The Morgan fingerprint density at radius 2 is 1.86 bits per heavy atom. The van der Waals surface area contributed by atoms with Gasteiger partial charge in [0.1, 0.15) is 17.3 Å². The summed E-state index contributed by atoms with van der Waals surface area (Å²) in [4.78, 5) is 19.5. The number of aromatic nitrogens is 2. The summed E-state index contributed by atoms with van der Waals surface area (Å²) in [5, 5.41) is 15.2. The number of nitrogens with zero attached hydrogens (tertiary/aromatic N) is 3. The van der Waals surface area contributed by atoms with Gasteiger partial charge in [0.05, 0.1) is 15.8 Å². The molecule has 1 N–H and O–H groups in total. The third-order valence-electron chi connectivity index (χ3n) is 4.26. The fraction of sp³-hybridized carbons (Fsp3) is 0.0476. The number of rotatable bonds is 6. The Labute approximate surface area is 165 Å². The van der Waals surface area contributed by atoms with Gasteiger partial charge in [-0.05, 0) is 60.2 Å². The van der Waals surface area contributed by atoms with Crippen LogP contribution in [0.3, 0.4) is 0 Å². The van der Waals surface area contributed by atoms with E-state index < -0.39 is 4.92 Å². The second-order valence-corrected chi connectivity index (χ2v) is 6.20. The molecule has 0 amide bonds. The van der Waals surface area contributed by atoms with Crippen LogP contribution in [0.5, 0.6) is 11.6 Å². The highest BCUT2D eigenvalue weighted by atomic mass is 19.1. The molecule has 2 aromatic carbocycles. The Bertz CT molecular complexity index is 1180. The third kappa shape index (κ3) is 4.11. The Kier molecular flexibility index (Phi) is 4.98. The summed E-state index contributed by atoms with van der Waals surface area (Å²) in [5.74, 6) is 0.449. The number of ether oxygens (including phenoxy) is 1. The predicted octanol–water partition coefficient (Wildman–Crippen LogP) is 5.08. The van der Waals surface area contributed by atoms with Crippen LogP contribution in [0.25, 0.3) is 10.9 Å². The van der Waals surface area contributed by atoms with Crippen LogP contribution in [0.2, 0.25) is 0 Å². The summed E-state index contributed by atoms with van der Waals surface area (Å²) in [5.41, 5.74) is 1.75. The third-order valence-corrected chi connectivity index (χ3v) is 4.26. The molecule has 2 heterocycles. The number of fused-ring (bicyclic) bond motifs is 1. The van der Waals surface area contributed by atoms with Crippen molar-refractivity contribution in [1.29, 1.82) is 0 Å². The van der Waals surface area contributed by atoms with E-state index in [2.05, 4.69) is 15.3 Å². The summed E-state index contributed by atoms with van der Waals surface area (Å²) >= 11 is 0. The Morgan fingerprint density at radius 3 is 2.66 bits per heavy atom. The molecule has 0 saturated carbocycles. The Hall–Kier alpha value is -4.07. The van der Waals surface area contributed by atoms with Crippen LogP contribution in [-0.2, 0) is 6.54 Å². The maximum atomic E-state index is 13.0. The minimum absolute atomic E-state index is 0.0209. The van der Waals surface area contributed by atoms with Gasteiger partial charge in [0.2, 0.25) is 5.88 Å². The molecule has 144 valence electrons. The highest BCUT2D eigenvalue weighted by molar-refractivity contribution is 5.94. The first-order valence-electron chi connectivity index (χ1n) is 8.74. The number of hydrogen-bond donors (Lipinski definition) is 1. The van der Waals surface area contributed by atoms with E-state index >= 15 is 0 Å². The highest BCUT2D eigenvalue weighted by Gasteiger charge is 2.18. The summed E-state index contributed by atoms with van der Waals surface area (Å²) in [6, 6.07) is 15.8. The molecule has 0 spiro atoms. The SMILES string of the molecule is O=[N+]([O-])c1c(NCc2ccnc(Oc3ccc(F)cc3)c2)ccc2ncccc12. The van der Waals surface area contributed by atoms with Gasteiger partial charge in [0.25, 0.3) is 0 Å². The lowest BCUT2D eigenvalue weighted by Crippen LogP contribution is -2.04. The van der Waals surface area contributed by atoms with Gasteiger partial charge < -0.3 is 10.1 Å². The van der Waals surface area contributed by atoms with Crippen LogP contribution in [0.15, 0.2) is 73.1 Å². The van der Waals surface area contributed by atoms with E-state index in [1.54, 1.807) is 48.8 Å². The molecule has 2 aromatic heterocycles. The Morgan fingerprint density at radius 1 is 1.03 bits per heavy atom. The van der Waals surface area contributed by atoms with Gasteiger partial charge in [-0.3, -0.25) is 15.1 Å². The molecule has 0 fully saturated rings. The maximum absolute atomic E-state index is 13.0. The first kappa shape index (κ1) is 18.3. The average molecular weight is 390 g/mol. The van der Waals surface area contributed by atoms with Gasteiger partial charge in [-0.1, -0.05) is 0 Å². The average Bonchev–Trinajstić information content (AvgIpc) is 2.73. The number of hydrogen-bond acceptors (Lipinski definition) is 6. The number of nitro groups is 1. The standard InChI is InChI=1S/C21H15FN4O3/c22-15-3-5-16(6-4-15)29-20-12-14(9-11-24-20)13-25-19-8-7-18-17(2-1-10-23-18)21(19)26(27)28/h1-12,25H,13H2. The molecule has 0 aliphatic heterocycles. The van der Waals surface area contributed by atoms with Crippen molar-refractivity contribution in [3.05, 3.63) is 94.6 Å². The van der Waals surface area contributed by atoms with E-state index in [0.29, 0.717) is 34.8 Å². The molecule has 0 unspecified atom stereocenters. The van der Waals surface area contributed by atoms with Gasteiger partial charge in [-0.2, -0.15) is 0 Å². The minimum atomic E-state index is -0.415. The minimum Gasteiger partial charge on any atom is -0.439 e. The molecular formula is C21H15FN4O3. The second kappa shape index (κ2) is 7.89. The van der Waals surface area contributed by atoms with Crippen LogP contribution in [0.1, 0.15) is 5.56 Å². The number of anilines is 1. The number of pyridine rings is 2. The molecule has 0 aliphatic rings. The highest BCUT2D eigenvalue weighted by Crippen LogP contribution is 2.32. The second-order valence-electron chi connectivity index (χ2n) is 6.20. The summed E-state index contributed by atoms with van der Waals surface area (Å²) in [7, 11) is 0. The maximum Gasteiger partial charge on any atom is 0.301 e. The molecule has 0 aliphatic carbocycles. The van der Waals surface area contributed by atoms with Crippen molar-refractivity contribution in [1.82, 2.24) is 9.97 Å². The van der Waals surface area contributed by atoms with Gasteiger partial charge in [0, 0.05) is 25.0 Å². The van der Waals surface area contributed by atoms with Crippen molar-refractivity contribution < 1.29 is 14.1 Å². The first-order valence-corrected chi connectivity index (χ1v) is 8.74.